The SMILES string of the molecule is Cc1cc(OC(C)C(=O)Nc2onc3c2CCCC3)ccc1Cl. The number of halogens is 1. The number of benzene rings is 1. The Morgan fingerprint density at radius 2 is 2.17 bits per heavy atom. The van der Waals surface area contributed by atoms with E-state index >= 15 is 0 Å². The molecule has 0 fully saturated rings. The van der Waals surface area contributed by atoms with Gasteiger partial charge in [-0.1, -0.05) is 16.8 Å². The molecule has 1 aliphatic rings. The Kier molecular flexibility index (Phi) is 4.57. The normalized spacial score (nSPS) is 14.9. The van der Waals surface area contributed by atoms with E-state index in [0.29, 0.717) is 16.7 Å². The van der Waals surface area contributed by atoms with Crippen LogP contribution in [0.3, 0.4) is 0 Å². The lowest BCUT2D eigenvalue weighted by atomic mass is 9.98. The largest absolute Gasteiger partial charge is 0.481 e. The van der Waals surface area contributed by atoms with E-state index in [2.05, 4.69) is 10.5 Å². The Balaban J connectivity index is 1.65. The molecule has 1 atom stereocenters. The third kappa shape index (κ3) is 3.50. The number of nitrogens with one attached hydrogen (secondary N) is 1. The fraction of sp³-hybridized carbons (Fsp3) is 0.412. The molecule has 1 heterocycles. The summed E-state index contributed by atoms with van der Waals surface area (Å²) in [6, 6.07) is 5.31. The first-order chi connectivity index (χ1) is 11.0. The number of aromatic nitrogens is 1. The summed E-state index contributed by atoms with van der Waals surface area (Å²) < 4.78 is 10.9. The second-order valence-electron chi connectivity index (χ2n) is 5.80. The highest BCUT2D eigenvalue weighted by Crippen LogP contribution is 2.28. The van der Waals surface area contributed by atoms with Crippen LogP contribution >= 0.6 is 11.6 Å². The molecule has 23 heavy (non-hydrogen) atoms. The number of carbonyl (C=O) groups is 1. The molecule has 6 heteroatoms. The summed E-state index contributed by atoms with van der Waals surface area (Å²) >= 11 is 5.99. The molecule has 3 rings (SSSR count). The van der Waals surface area contributed by atoms with Gasteiger partial charge < -0.3 is 9.26 Å². The van der Waals surface area contributed by atoms with Gasteiger partial charge in [-0.2, -0.15) is 0 Å². The smallest absolute Gasteiger partial charge is 0.267 e. The number of fused-ring (bicyclic) bond motifs is 1. The summed E-state index contributed by atoms with van der Waals surface area (Å²) in [5.74, 6) is 0.795. The number of anilines is 1. The highest BCUT2D eigenvalue weighted by molar-refractivity contribution is 6.31. The van der Waals surface area contributed by atoms with Crippen molar-refractivity contribution in [3.8, 4) is 5.75 Å². The number of aryl methyl sites for hydroxylation is 2. The van der Waals surface area contributed by atoms with Crippen molar-refractivity contribution in [1.29, 1.82) is 0 Å². The van der Waals surface area contributed by atoms with Crippen LogP contribution in [-0.2, 0) is 17.6 Å². The van der Waals surface area contributed by atoms with Crippen LogP contribution in [0.4, 0.5) is 5.88 Å². The van der Waals surface area contributed by atoms with E-state index in [-0.39, 0.29) is 5.91 Å². The van der Waals surface area contributed by atoms with Gasteiger partial charge in [-0.15, -0.1) is 0 Å². The van der Waals surface area contributed by atoms with E-state index < -0.39 is 6.10 Å². The van der Waals surface area contributed by atoms with E-state index in [4.69, 9.17) is 20.9 Å². The van der Waals surface area contributed by atoms with Crippen LogP contribution < -0.4 is 10.1 Å². The summed E-state index contributed by atoms with van der Waals surface area (Å²) in [4.78, 5) is 12.3. The molecule has 0 spiro atoms. The second kappa shape index (κ2) is 6.62. The predicted octanol–water partition coefficient (Wildman–Crippen LogP) is 3.92. The van der Waals surface area contributed by atoms with Crippen molar-refractivity contribution in [2.24, 2.45) is 0 Å². The van der Waals surface area contributed by atoms with Crippen molar-refractivity contribution in [3.63, 3.8) is 0 Å². The Bertz CT molecular complexity index is 727. The Labute approximate surface area is 139 Å². The average molecular weight is 335 g/mol. The molecule has 0 bridgehead atoms. The zero-order valence-corrected chi connectivity index (χ0v) is 13.9. The van der Waals surface area contributed by atoms with Gasteiger partial charge in [0, 0.05) is 10.6 Å². The van der Waals surface area contributed by atoms with Crippen LogP contribution in [0.25, 0.3) is 0 Å². The van der Waals surface area contributed by atoms with Gasteiger partial charge in [-0.25, -0.2) is 0 Å². The first-order valence-electron chi connectivity index (χ1n) is 7.75. The van der Waals surface area contributed by atoms with E-state index in [1.165, 1.54) is 0 Å². The van der Waals surface area contributed by atoms with Gasteiger partial charge in [-0.05, 0) is 63.3 Å². The maximum atomic E-state index is 12.3. The quantitative estimate of drug-likeness (QED) is 0.920. The highest BCUT2D eigenvalue weighted by Gasteiger charge is 2.23. The number of ether oxygens (including phenoxy) is 1. The van der Waals surface area contributed by atoms with Crippen molar-refractivity contribution in [2.75, 3.05) is 5.32 Å². The minimum Gasteiger partial charge on any atom is -0.481 e. The molecule has 0 radical (unpaired) electrons. The molecule has 1 aliphatic carbocycles. The van der Waals surface area contributed by atoms with Crippen LogP contribution in [-0.4, -0.2) is 17.2 Å². The molecule has 1 aromatic carbocycles. The molecule has 1 N–H and O–H groups in total. The average Bonchev–Trinajstić information content (AvgIpc) is 2.94. The predicted molar refractivity (Wildman–Crippen MR) is 88.1 cm³/mol. The lowest BCUT2D eigenvalue weighted by molar-refractivity contribution is -0.122. The van der Waals surface area contributed by atoms with Gasteiger partial charge in [0.05, 0.1) is 5.69 Å². The van der Waals surface area contributed by atoms with E-state index in [0.717, 1.165) is 42.5 Å². The standard InChI is InChI=1S/C17H19ClN2O3/c1-10-9-12(7-8-14(10)18)22-11(2)16(21)19-17-13-5-3-4-6-15(13)20-23-17/h7-9,11H,3-6H2,1-2H3,(H,19,21). The first-order valence-corrected chi connectivity index (χ1v) is 8.13. The summed E-state index contributed by atoms with van der Waals surface area (Å²) in [5, 5.41) is 7.48. The Morgan fingerprint density at radius 1 is 1.39 bits per heavy atom. The number of carbonyl (C=O) groups excluding carboxylic acids is 1. The van der Waals surface area contributed by atoms with Gasteiger partial charge in [0.2, 0.25) is 5.88 Å². The maximum Gasteiger partial charge on any atom is 0.267 e. The molecule has 5 nitrogen and oxygen atoms in total. The Morgan fingerprint density at radius 3 is 2.96 bits per heavy atom. The fourth-order valence-electron chi connectivity index (χ4n) is 2.65. The van der Waals surface area contributed by atoms with Gasteiger partial charge >= 0.3 is 0 Å². The molecule has 2 aromatic rings. The molecule has 122 valence electrons. The molecular formula is C17H19ClN2O3. The summed E-state index contributed by atoms with van der Waals surface area (Å²) in [5.41, 5.74) is 2.87. The number of amides is 1. The molecule has 1 amide bonds. The zero-order valence-electron chi connectivity index (χ0n) is 13.2. The minimum atomic E-state index is -0.653. The van der Waals surface area contributed by atoms with Gasteiger partial charge in [0.1, 0.15) is 5.75 Å². The number of rotatable bonds is 4. The van der Waals surface area contributed by atoms with Crippen LogP contribution in [0.1, 0.15) is 36.6 Å². The maximum absolute atomic E-state index is 12.3. The van der Waals surface area contributed by atoms with Crippen molar-refractivity contribution in [1.82, 2.24) is 5.16 Å². The summed E-state index contributed by atoms with van der Waals surface area (Å²) in [6.45, 7) is 3.59. The van der Waals surface area contributed by atoms with Crippen LogP contribution in [0.15, 0.2) is 22.7 Å². The van der Waals surface area contributed by atoms with E-state index in [1.54, 1.807) is 19.1 Å². The van der Waals surface area contributed by atoms with Crippen LogP contribution in [0.5, 0.6) is 5.75 Å². The first kappa shape index (κ1) is 15.9. The Hall–Kier alpha value is -2.01. The van der Waals surface area contributed by atoms with Crippen molar-refractivity contribution >= 4 is 23.4 Å². The monoisotopic (exact) mass is 334 g/mol. The molecule has 0 saturated heterocycles. The van der Waals surface area contributed by atoms with Crippen molar-refractivity contribution in [3.05, 3.63) is 40.0 Å². The van der Waals surface area contributed by atoms with Crippen molar-refractivity contribution in [2.45, 2.75) is 45.6 Å². The van der Waals surface area contributed by atoms with Crippen LogP contribution in [0, 0.1) is 6.92 Å². The summed E-state index contributed by atoms with van der Waals surface area (Å²) in [7, 11) is 0. The second-order valence-corrected chi connectivity index (χ2v) is 6.21. The van der Waals surface area contributed by atoms with Gasteiger partial charge in [0.25, 0.3) is 5.91 Å². The van der Waals surface area contributed by atoms with Crippen molar-refractivity contribution < 1.29 is 14.1 Å². The number of nitrogens with zero attached hydrogens (tertiary/aromatic N) is 1. The molecule has 0 aliphatic heterocycles. The molecule has 1 unspecified atom stereocenters. The lowest BCUT2D eigenvalue weighted by Crippen LogP contribution is -2.30. The number of hydrogen-bond donors (Lipinski definition) is 1. The topological polar surface area (TPSA) is 64.4 Å². The van der Waals surface area contributed by atoms with E-state index in [9.17, 15) is 4.79 Å². The van der Waals surface area contributed by atoms with Gasteiger partial charge in [-0.3, -0.25) is 10.1 Å². The minimum absolute atomic E-state index is 0.262. The molecule has 0 saturated carbocycles. The third-order valence-corrected chi connectivity index (χ3v) is 4.43. The molecular weight excluding hydrogens is 316 g/mol. The fourth-order valence-corrected chi connectivity index (χ4v) is 2.77. The zero-order chi connectivity index (χ0) is 16.4. The number of hydrogen-bond acceptors (Lipinski definition) is 4. The highest BCUT2D eigenvalue weighted by atomic mass is 35.5. The van der Waals surface area contributed by atoms with Gasteiger partial charge in [0.15, 0.2) is 6.10 Å². The van der Waals surface area contributed by atoms with Crippen LogP contribution in [0.2, 0.25) is 5.02 Å². The third-order valence-electron chi connectivity index (χ3n) is 4.01. The lowest BCUT2D eigenvalue weighted by Gasteiger charge is -2.15. The molecule has 1 aromatic heterocycles. The summed E-state index contributed by atoms with van der Waals surface area (Å²) in [6.07, 6.45) is 3.35. The van der Waals surface area contributed by atoms with E-state index in [1.807, 2.05) is 13.0 Å².